The summed E-state index contributed by atoms with van der Waals surface area (Å²) in [6, 6.07) is 0. The van der Waals surface area contributed by atoms with Crippen LogP contribution < -0.4 is 5.32 Å². The lowest BCUT2D eigenvalue weighted by Crippen LogP contribution is -2.11. The molecule has 4 heteroatoms. The fourth-order valence-electron chi connectivity index (χ4n) is 1.33. The maximum Gasteiger partial charge on any atom is 0.0964 e. The van der Waals surface area contributed by atoms with Gasteiger partial charge in [-0.3, -0.25) is 4.68 Å². The summed E-state index contributed by atoms with van der Waals surface area (Å²) in [6.45, 7) is 4.96. The number of hydrogen-bond acceptors (Lipinski definition) is 3. The zero-order valence-corrected chi connectivity index (χ0v) is 8.03. The summed E-state index contributed by atoms with van der Waals surface area (Å²) >= 11 is 0. The zero-order valence-electron chi connectivity index (χ0n) is 8.03. The quantitative estimate of drug-likeness (QED) is 0.728. The molecule has 1 fully saturated rings. The Hall–Kier alpha value is -0.900. The maximum absolute atomic E-state index is 4.08. The number of hydrogen-bond donors (Lipinski definition) is 1. The minimum absolute atomic E-state index is 0.834. The molecular weight excluding hydrogens is 164 g/mol. The molecule has 1 aromatic rings. The number of nitrogens with one attached hydrogen (secondary N) is 1. The lowest BCUT2D eigenvalue weighted by molar-refractivity contribution is 0.544. The molecule has 0 bridgehead atoms. The first kappa shape index (κ1) is 8.69. The van der Waals surface area contributed by atoms with Crippen molar-refractivity contribution in [2.75, 3.05) is 6.54 Å². The van der Waals surface area contributed by atoms with Gasteiger partial charge in [0.1, 0.15) is 0 Å². The molecule has 1 aliphatic rings. The number of rotatable bonds is 5. The lowest BCUT2D eigenvalue weighted by Gasteiger charge is -1.95. The average molecular weight is 180 g/mol. The van der Waals surface area contributed by atoms with E-state index in [1.165, 1.54) is 12.8 Å². The van der Waals surface area contributed by atoms with Crippen molar-refractivity contribution in [2.24, 2.45) is 5.92 Å². The minimum atomic E-state index is 0.834. The summed E-state index contributed by atoms with van der Waals surface area (Å²) in [5, 5.41) is 11.4. The van der Waals surface area contributed by atoms with Gasteiger partial charge < -0.3 is 5.32 Å². The Labute approximate surface area is 78.3 Å². The van der Waals surface area contributed by atoms with Crippen molar-refractivity contribution in [3.8, 4) is 0 Å². The van der Waals surface area contributed by atoms with E-state index in [0.29, 0.717) is 0 Å². The van der Waals surface area contributed by atoms with Crippen LogP contribution in [0, 0.1) is 5.92 Å². The molecule has 0 atom stereocenters. The number of nitrogens with zero attached hydrogens (tertiary/aromatic N) is 3. The van der Waals surface area contributed by atoms with Crippen LogP contribution in [0.25, 0.3) is 0 Å². The van der Waals surface area contributed by atoms with Gasteiger partial charge in [-0.05, 0) is 25.3 Å². The Morgan fingerprint density at radius 2 is 2.46 bits per heavy atom. The van der Waals surface area contributed by atoms with Crippen LogP contribution in [-0.4, -0.2) is 21.5 Å². The van der Waals surface area contributed by atoms with Crippen molar-refractivity contribution in [3.63, 3.8) is 0 Å². The number of aromatic nitrogens is 3. The monoisotopic (exact) mass is 180 g/mol. The van der Waals surface area contributed by atoms with Crippen LogP contribution >= 0.6 is 0 Å². The molecule has 1 saturated carbocycles. The van der Waals surface area contributed by atoms with Crippen molar-refractivity contribution in [3.05, 3.63) is 11.9 Å². The fourth-order valence-corrected chi connectivity index (χ4v) is 1.33. The van der Waals surface area contributed by atoms with Gasteiger partial charge in [-0.2, -0.15) is 0 Å². The molecule has 13 heavy (non-hydrogen) atoms. The second-order valence-electron chi connectivity index (χ2n) is 3.66. The Morgan fingerprint density at radius 3 is 3.15 bits per heavy atom. The molecule has 0 spiro atoms. The predicted octanol–water partition coefficient (Wildman–Crippen LogP) is 0.798. The summed E-state index contributed by atoms with van der Waals surface area (Å²) in [7, 11) is 0. The van der Waals surface area contributed by atoms with Gasteiger partial charge in [0.2, 0.25) is 0 Å². The van der Waals surface area contributed by atoms with E-state index >= 15 is 0 Å². The Morgan fingerprint density at radius 1 is 1.62 bits per heavy atom. The first-order chi connectivity index (χ1) is 6.38. The van der Waals surface area contributed by atoms with E-state index < -0.39 is 0 Å². The Balaban J connectivity index is 1.84. The highest BCUT2D eigenvalue weighted by Crippen LogP contribution is 2.30. The zero-order chi connectivity index (χ0) is 9.10. The summed E-state index contributed by atoms with van der Waals surface area (Å²) in [6.07, 6.45) is 4.77. The molecule has 1 N–H and O–H groups in total. The molecular formula is C9H16N4. The van der Waals surface area contributed by atoms with E-state index in [9.17, 15) is 0 Å². The van der Waals surface area contributed by atoms with Crippen LogP contribution in [0.1, 0.15) is 25.5 Å². The Kier molecular flexibility index (Phi) is 2.59. The highest BCUT2D eigenvalue weighted by molar-refractivity contribution is 4.92. The van der Waals surface area contributed by atoms with Crippen molar-refractivity contribution in [2.45, 2.75) is 32.9 Å². The van der Waals surface area contributed by atoms with E-state index in [-0.39, 0.29) is 0 Å². The van der Waals surface area contributed by atoms with Gasteiger partial charge >= 0.3 is 0 Å². The van der Waals surface area contributed by atoms with E-state index in [0.717, 1.165) is 31.2 Å². The first-order valence-electron chi connectivity index (χ1n) is 4.98. The summed E-state index contributed by atoms with van der Waals surface area (Å²) in [4.78, 5) is 0. The topological polar surface area (TPSA) is 42.7 Å². The van der Waals surface area contributed by atoms with Crippen molar-refractivity contribution < 1.29 is 0 Å². The van der Waals surface area contributed by atoms with Crippen LogP contribution in [0.3, 0.4) is 0 Å². The van der Waals surface area contributed by atoms with E-state index in [4.69, 9.17) is 0 Å². The van der Waals surface area contributed by atoms with Gasteiger partial charge in [-0.1, -0.05) is 12.1 Å². The van der Waals surface area contributed by atoms with Gasteiger partial charge in [-0.15, -0.1) is 5.10 Å². The molecule has 0 aromatic carbocycles. The van der Waals surface area contributed by atoms with Crippen molar-refractivity contribution in [1.29, 1.82) is 0 Å². The van der Waals surface area contributed by atoms with E-state index in [1.54, 1.807) is 0 Å². The summed E-state index contributed by atoms with van der Waals surface area (Å²) in [5.41, 5.74) is 1.04. The Bertz CT molecular complexity index is 264. The largest absolute Gasteiger partial charge is 0.311 e. The smallest absolute Gasteiger partial charge is 0.0964 e. The SMILES string of the molecule is CCNCc1cn(CC2CC2)nn1. The molecule has 0 unspecified atom stereocenters. The van der Waals surface area contributed by atoms with Crippen LogP contribution in [0.15, 0.2) is 6.20 Å². The fraction of sp³-hybridized carbons (Fsp3) is 0.778. The van der Waals surface area contributed by atoms with Gasteiger partial charge in [0, 0.05) is 19.3 Å². The third kappa shape index (κ3) is 2.52. The molecule has 4 nitrogen and oxygen atoms in total. The third-order valence-corrected chi connectivity index (χ3v) is 2.28. The molecule has 0 amide bonds. The average Bonchev–Trinajstić information content (AvgIpc) is 2.81. The predicted molar refractivity (Wildman–Crippen MR) is 50.1 cm³/mol. The van der Waals surface area contributed by atoms with Crippen LogP contribution in [0.5, 0.6) is 0 Å². The third-order valence-electron chi connectivity index (χ3n) is 2.28. The van der Waals surface area contributed by atoms with Crippen LogP contribution in [0.4, 0.5) is 0 Å². The van der Waals surface area contributed by atoms with E-state index in [2.05, 4.69) is 22.6 Å². The second-order valence-corrected chi connectivity index (χ2v) is 3.66. The van der Waals surface area contributed by atoms with Crippen LogP contribution in [0.2, 0.25) is 0 Å². The van der Waals surface area contributed by atoms with Crippen molar-refractivity contribution >= 4 is 0 Å². The molecule has 1 aromatic heterocycles. The molecule has 0 aliphatic heterocycles. The van der Waals surface area contributed by atoms with Crippen LogP contribution in [-0.2, 0) is 13.1 Å². The van der Waals surface area contributed by atoms with E-state index in [1.807, 2.05) is 10.9 Å². The molecule has 2 rings (SSSR count). The van der Waals surface area contributed by atoms with Gasteiger partial charge in [0.05, 0.1) is 5.69 Å². The maximum atomic E-state index is 4.08. The van der Waals surface area contributed by atoms with Gasteiger partial charge in [0.25, 0.3) is 0 Å². The molecule has 0 radical (unpaired) electrons. The summed E-state index contributed by atoms with van der Waals surface area (Å²) in [5.74, 6) is 0.869. The normalized spacial score (nSPS) is 16.4. The first-order valence-corrected chi connectivity index (χ1v) is 4.98. The second kappa shape index (κ2) is 3.87. The minimum Gasteiger partial charge on any atom is -0.311 e. The highest BCUT2D eigenvalue weighted by atomic mass is 15.4. The molecule has 0 saturated heterocycles. The molecule has 1 aliphatic carbocycles. The standard InChI is InChI=1S/C9H16N4/c1-2-10-5-9-7-13(12-11-9)6-8-3-4-8/h7-8,10H,2-6H2,1H3. The highest BCUT2D eigenvalue weighted by Gasteiger charge is 2.22. The van der Waals surface area contributed by atoms with Crippen molar-refractivity contribution in [1.82, 2.24) is 20.3 Å². The lowest BCUT2D eigenvalue weighted by atomic mass is 10.4. The molecule has 1 heterocycles. The molecule has 72 valence electrons. The van der Waals surface area contributed by atoms with Gasteiger partial charge in [0.15, 0.2) is 0 Å². The van der Waals surface area contributed by atoms with Gasteiger partial charge in [-0.25, -0.2) is 0 Å². The summed E-state index contributed by atoms with van der Waals surface area (Å²) < 4.78 is 1.96.